The number of nitrogens with zero attached hydrogens (tertiary/aromatic N) is 1. The molecule has 3 rings (SSSR count). The molecule has 2 unspecified atom stereocenters. The van der Waals surface area contributed by atoms with Gasteiger partial charge in [0.2, 0.25) is 5.91 Å². The summed E-state index contributed by atoms with van der Waals surface area (Å²) in [6.45, 7) is 4.21. The molecule has 0 bridgehead atoms. The van der Waals surface area contributed by atoms with Gasteiger partial charge in [-0.3, -0.25) is 9.69 Å². The van der Waals surface area contributed by atoms with Gasteiger partial charge in [0, 0.05) is 30.9 Å². The van der Waals surface area contributed by atoms with Crippen molar-refractivity contribution >= 4 is 11.6 Å². The molecule has 2 aliphatic rings. The summed E-state index contributed by atoms with van der Waals surface area (Å²) in [5.74, 6) is 0.0427. The predicted molar refractivity (Wildman–Crippen MR) is 80.7 cm³/mol. The van der Waals surface area contributed by atoms with Crippen molar-refractivity contribution in [3.63, 3.8) is 0 Å². The second-order valence-corrected chi connectivity index (χ2v) is 5.96. The van der Waals surface area contributed by atoms with E-state index in [0.717, 1.165) is 24.7 Å². The molecule has 2 N–H and O–H groups in total. The first kappa shape index (κ1) is 13.6. The molecule has 1 aromatic rings. The maximum Gasteiger partial charge on any atom is 0.241 e. The summed E-state index contributed by atoms with van der Waals surface area (Å²) in [7, 11) is 0. The van der Waals surface area contributed by atoms with E-state index in [1.807, 2.05) is 37.3 Å². The Morgan fingerprint density at radius 1 is 1.25 bits per heavy atom. The zero-order valence-electron chi connectivity index (χ0n) is 12.0. The third-order valence-electron chi connectivity index (χ3n) is 4.20. The molecule has 1 heterocycles. The second kappa shape index (κ2) is 5.94. The van der Waals surface area contributed by atoms with Crippen LogP contribution < -0.4 is 10.6 Å². The quantitative estimate of drug-likeness (QED) is 0.860. The standard InChI is InChI=1S/C16H23N3O/c1-12(16(20)18-13-5-3-2-4-6-13)17-14-9-10-19(11-14)15-7-8-15/h2-6,12,14-15,17H,7-11H2,1H3,(H,18,20). The number of amides is 1. The Morgan fingerprint density at radius 2 is 2.00 bits per heavy atom. The van der Waals surface area contributed by atoms with E-state index in [-0.39, 0.29) is 11.9 Å². The summed E-state index contributed by atoms with van der Waals surface area (Å²) in [5, 5.41) is 6.40. The van der Waals surface area contributed by atoms with E-state index < -0.39 is 0 Å². The molecule has 1 saturated heterocycles. The molecule has 4 heteroatoms. The molecule has 1 aromatic carbocycles. The Morgan fingerprint density at radius 3 is 2.70 bits per heavy atom. The molecule has 0 radical (unpaired) electrons. The smallest absolute Gasteiger partial charge is 0.241 e. The fourth-order valence-corrected chi connectivity index (χ4v) is 2.90. The van der Waals surface area contributed by atoms with E-state index in [0.29, 0.717) is 6.04 Å². The highest BCUT2D eigenvalue weighted by Gasteiger charge is 2.35. The van der Waals surface area contributed by atoms with Gasteiger partial charge in [-0.25, -0.2) is 0 Å². The van der Waals surface area contributed by atoms with Crippen LogP contribution in [0.25, 0.3) is 0 Å². The lowest BCUT2D eigenvalue weighted by molar-refractivity contribution is -0.117. The zero-order valence-corrected chi connectivity index (χ0v) is 12.0. The van der Waals surface area contributed by atoms with Crippen molar-refractivity contribution < 1.29 is 4.79 Å². The summed E-state index contributed by atoms with van der Waals surface area (Å²) in [4.78, 5) is 14.7. The molecule has 108 valence electrons. The lowest BCUT2D eigenvalue weighted by atomic mass is 10.2. The first-order valence-electron chi connectivity index (χ1n) is 7.58. The van der Waals surface area contributed by atoms with Crippen LogP contribution in [0.15, 0.2) is 30.3 Å². The van der Waals surface area contributed by atoms with E-state index in [9.17, 15) is 4.79 Å². The molecule has 2 atom stereocenters. The van der Waals surface area contributed by atoms with Crippen LogP contribution in [0.4, 0.5) is 5.69 Å². The normalized spacial score (nSPS) is 24.6. The number of carbonyl (C=O) groups excluding carboxylic acids is 1. The van der Waals surface area contributed by atoms with Crippen molar-refractivity contribution in [3.8, 4) is 0 Å². The third-order valence-corrected chi connectivity index (χ3v) is 4.20. The van der Waals surface area contributed by atoms with Crippen LogP contribution in [0.3, 0.4) is 0 Å². The Bertz CT molecular complexity index is 458. The number of hydrogen-bond donors (Lipinski definition) is 2. The minimum absolute atomic E-state index is 0.0427. The van der Waals surface area contributed by atoms with E-state index >= 15 is 0 Å². The maximum atomic E-state index is 12.1. The highest BCUT2D eigenvalue weighted by molar-refractivity contribution is 5.94. The van der Waals surface area contributed by atoms with Gasteiger partial charge in [-0.1, -0.05) is 18.2 Å². The number of benzene rings is 1. The number of rotatable bonds is 5. The van der Waals surface area contributed by atoms with Gasteiger partial charge >= 0.3 is 0 Å². The first-order chi connectivity index (χ1) is 9.72. The van der Waals surface area contributed by atoms with Gasteiger partial charge in [-0.05, 0) is 38.3 Å². The molecule has 1 amide bonds. The van der Waals surface area contributed by atoms with E-state index in [2.05, 4.69) is 15.5 Å². The number of carbonyl (C=O) groups is 1. The highest BCUT2D eigenvalue weighted by atomic mass is 16.2. The molecular weight excluding hydrogens is 250 g/mol. The van der Waals surface area contributed by atoms with Crippen molar-refractivity contribution in [3.05, 3.63) is 30.3 Å². The summed E-state index contributed by atoms with van der Waals surface area (Å²) in [6.07, 6.45) is 3.87. The molecule has 20 heavy (non-hydrogen) atoms. The van der Waals surface area contributed by atoms with Crippen molar-refractivity contribution in [2.24, 2.45) is 0 Å². The Kier molecular flexibility index (Phi) is 4.03. The SMILES string of the molecule is CC(NC1CCN(C2CC2)C1)C(=O)Nc1ccccc1. The van der Waals surface area contributed by atoms with Crippen LogP contribution in [-0.2, 0) is 4.79 Å². The van der Waals surface area contributed by atoms with Gasteiger partial charge in [-0.15, -0.1) is 0 Å². The monoisotopic (exact) mass is 273 g/mol. The van der Waals surface area contributed by atoms with Crippen molar-refractivity contribution in [1.82, 2.24) is 10.2 Å². The number of para-hydroxylation sites is 1. The maximum absolute atomic E-state index is 12.1. The average Bonchev–Trinajstić information content (AvgIpc) is 3.20. The molecule has 1 aliphatic heterocycles. The van der Waals surface area contributed by atoms with Crippen LogP contribution in [-0.4, -0.2) is 42.0 Å². The Balaban J connectivity index is 1.46. The third kappa shape index (κ3) is 3.38. The Hall–Kier alpha value is -1.39. The minimum Gasteiger partial charge on any atom is -0.325 e. The number of anilines is 1. The summed E-state index contributed by atoms with van der Waals surface area (Å²) in [6, 6.07) is 10.8. The fourth-order valence-electron chi connectivity index (χ4n) is 2.90. The summed E-state index contributed by atoms with van der Waals surface area (Å²) in [5.41, 5.74) is 0.858. The first-order valence-corrected chi connectivity index (χ1v) is 7.58. The van der Waals surface area contributed by atoms with Crippen LogP contribution in [0.2, 0.25) is 0 Å². The summed E-state index contributed by atoms with van der Waals surface area (Å²) >= 11 is 0. The van der Waals surface area contributed by atoms with Crippen LogP contribution in [0.5, 0.6) is 0 Å². The fraction of sp³-hybridized carbons (Fsp3) is 0.562. The Labute approximate surface area is 120 Å². The van der Waals surface area contributed by atoms with Gasteiger partial charge in [0.15, 0.2) is 0 Å². The van der Waals surface area contributed by atoms with Crippen LogP contribution >= 0.6 is 0 Å². The van der Waals surface area contributed by atoms with Gasteiger partial charge < -0.3 is 10.6 Å². The number of likely N-dealkylation sites (tertiary alicyclic amines) is 1. The zero-order chi connectivity index (χ0) is 13.9. The van der Waals surface area contributed by atoms with Crippen molar-refractivity contribution in [1.29, 1.82) is 0 Å². The lowest BCUT2D eigenvalue weighted by Gasteiger charge is -2.20. The lowest BCUT2D eigenvalue weighted by Crippen LogP contribution is -2.45. The molecule has 1 aliphatic carbocycles. The molecule has 2 fully saturated rings. The molecular formula is C16H23N3O. The van der Waals surface area contributed by atoms with Crippen molar-refractivity contribution in [2.75, 3.05) is 18.4 Å². The van der Waals surface area contributed by atoms with E-state index in [1.54, 1.807) is 0 Å². The summed E-state index contributed by atoms with van der Waals surface area (Å²) < 4.78 is 0. The van der Waals surface area contributed by atoms with Gasteiger partial charge in [0.25, 0.3) is 0 Å². The van der Waals surface area contributed by atoms with Crippen molar-refractivity contribution in [2.45, 2.75) is 44.3 Å². The second-order valence-electron chi connectivity index (χ2n) is 5.96. The van der Waals surface area contributed by atoms with Crippen LogP contribution in [0.1, 0.15) is 26.2 Å². The van der Waals surface area contributed by atoms with Gasteiger partial charge in [-0.2, -0.15) is 0 Å². The van der Waals surface area contributed by atoms with Gasteiger partial charge in [0.05, 0.1) is 6.04 Å². The topological polar surface area (TPSA) is 44.4 Å². The van der Waals surface area contributed by atoms with E-state index in [1.165, 1.54) is 19.4 Å². The van der Waals surface area contributed by atoms with Crippen LogP contribution in [0, 0.1) is 0 Å². The molecule has 0 aromatic heterocycles. The number of nitrogens with one attached hydrogen (secondary N) is 2. The molecule has 4 nitrogen and oxygen atoms in total. The minimum atomic E-state index is -0.153. The van der Waals surface area contributed by atoms with Gasteiger partial charge in [0.1, 0.15) is 0 Å². The highest BCUT2D eigenvalue weighted by Crippen LogP contribution is 2.29. The largest absolute Gasteiger partial charge is 0.325 e. The predicted octanol–water partition coefficient (Wildman–Crippen LogP) is 1.84. The molecule has 1 saturated carbocycles. The average molecular weight is 273 g/mol. The van der Waals surface area contributed by atoms with E-state index in [4.69, 9.17) is 0 Å². The molecule has 0 spiro atoms. The number of hydrogen-bond acceptors (Lipinski definition) is 3.